The summed E-state index contributed by atoms with van der Waals surface area (Å²) in [5, 5.41) is 9.82. The normalized spacial score (nSPS) is 12.7. The van der Waals surface area contributed by atoms with Crippen molar-refractivity contribution in [2.75, 3.05) is 20.5 Å². The first-order valence-corrected chi connectivity index (χ1v) is 14.4. The van der Waals surface area contributed by atoms with Gasteiger partial charge in [0.25, 0.3) is 0 Å². The number of allylic oxidation sites excluding steroid dienone is 1. The third-order valence-electron chi connectivity index (χ3n) is 5.17. The summed E-state index contributed by atoms with van der Waals surface area (Å²) >= 11 is 0. The topological polar surface area (TPSA) is 47.9 Å². The van der Waals surface area contributed by atoms with E-state index in [1.165, 1.54) is 5.56 Å². The molecule has 0 saturated carbocycles. The van der Waals surface area contributed by atoms with Gasteiger partial charge in [-0.15, -0.1) is 6.58 Å². The average Bonchev–Trinajstić information content (AvgIpc) is 2.71. The number of phenolic OH excluding ortho intramolecular Hbond substituents is 1. The van der Waals surface area contributed by atoms with E-state index in [0.717, 1.165) is 35.1 Å². The van der Waals surface area contributed by atoms with Crippen LogP contribution < -0.4 is 9.47 Å². The minimum Gasteiger partial charge on any atom is -0.504 e. The molecule has 0 aliphatic rings. The minimum atomic E-state index is -1.11. The molecule has 5 heteroatoms. The number of ether oxygens (including phenoxy) is 3. The molecule has 1 atom stereocenters. The largest absolute Gasteiger partial charge is 0.504 e. The Balaban J connectivity index is 2.23. The third-order valence-corrected chi connectivity index (χ3v) is 6.87. The third kappa shape index (κ3) is 7.60. The molecule has 0 aromatic heterocycles. The van der Waals surface area contributed by atoms with Crippen molar-refractivity contribution in [2.24, 2.45) is 0 Å². The van der Waals surface area contributed by atoms with E-state index in [9.17, 15) is 5.11 Å². The van der Waals surface area contributed by atoms with E-state index in [1.807, 2.05) is 30.4 Å². The molecule has 31 heavy (non-hydrogen) atoms. The van der Waals surface area contributed by atoms with E-state index >= 15 is 0 Å². The maximum atomic E-state index is 9.82. The number of methoxy groups -OCH3 is 1. The Kier molecular flexibility index (Phi) is 8.96. The van der Waals surface area contributed by atoms with Crippen molar-refractivity contribution in [1.29, 1.82) is 0 Å². The molecule has 168 valence electrons. The quantitative estimate of drug-likeness (QED) is 0.136. The monoisotopic (exact) mass is 440 g/mol. The fraction of sp³-hybridized carbons (Fsp3) is 0.385. The van der Waals surface area contributed by atoms with Gasteiger partial charge in [-0.05, 0) is 65.4 Å². The number of phenols is 1. The Morgan fingerprint density at radius 2 is 1.87 bits per heavy atom. The smallest absolute Gasteiger partial charge is 0.189 e. The summed E-state index contributed by atoms with van der Waals surface area (Å²) in [5.41, 5.74) is 4.36. The van der Waals surface area contributed by atoms with E-state index < -0.39 is 8.07 Å². The Bertz CT molecular complexity index is 912. The lowest BCUT2D eigenvalue weighted by Gasteiger charge is -2.18. The van der Waals surface area contributed by atoms with Crippen molar-refractivity contribution in [3.05, 3.63) is 65.2 Å². The van der Waals surface area contributed by atoms with Gasteiger partial charge in [-0.3, -0.25) is 0 Å². The van der Waals surface area contributed by atoms with Crippen LogP contribution in [-0.4, -0.2) is 33.7 Å². The van der Waals surface area contributed by atoms with Gasteiger partial charge < -0.3 is 19.3 Å². The summed E-state index contributed by atoms with van der Waals surface area (Å²) < 4.78 is 16.8. The number of aromatic hydroxyl groups is 1. The first kappa shape index (κ1) is 24.8. The van der Waals surface area contributed by atoms with Gasteiger partial charge >= 0.3 is 0 Å². The molecule has 4 nitrogen and oxygen atoms in total. The molecule has 0 aliphatic carbocycles. The van der Waals surface area contributed by atoms with Gasteiger partial charge in [0.1, 0.15) is 5.75 Å². The zero-order valence-electron chi connectivity index (χ0n) is 19.7. The van der Waals surface area contributed by atoms with Gasteiger partial charge in [-0.25, -0.2) is 0 Å². The average molecular weight is 441 g/mol. The standard InChI is InChI=1S/C26H36O4Si/c1-8-19(2)26-20(3)15-23(30-18-29-13-14-31(5,6)7)17-22(26)11-9-21-10-12-24(27)25(16-21)28-4/h8-12,15-17,19,27H,1,13-14,18H2,2-7H3/b11-9+. The van der Waals surface area contributed by atoms with Crippen LogP contribution in [-0.2, 0) is 4.74 Å². The molecule has 0 radical (unpaired) electrons. The minimum absolute atomic E-state index is 0.126. The maximum Gasteiger partial charge on any atom is 0.189 e. The summed E-state index contributed by atoms with van der Waals surface area (Å²) in [6.45, 7) is 16.2. The van der Waals surface area contributed by atoms with Crippen molar-refractivity contribution >= 4 is 20.2 Å². The highest BCUT2D eigenvalue weighted by Gasteiger charge is 2.14. The lowest BCUT2D eigenvalue weighted by Crippen LogP contribution is -2.22. The second kappa shape index (κ2) is 11.2. The number of hydrogen-bond acceptors (Lipinski definition) is 4. The molecule has 1 unspecified atom stereocenters. The zero-order valence-corrected chi connectivity index (χ0v) is 20.7. The van der Waals surface area contributed by atoms with Crippen LogP contribution in [0, 0.1) is 6.92 Å². The predicted molar refractivity (Wildman–Crippen MR) is 133 cm³/mol. The van der Waals surface area contributed by atoms with Crippen LogP contribution in [0.1, 0.15) is 35.1 Å². The van der Waals surface area contributed by atoms with Crippen molar-refractivity contribution in [1.82, 2.24) is 0 Å². The zero-order chi connectivity index (χ0) is 23.0. The SMILES string of the molecule is C=CC(C)c1c(C)cc(OCOCC[Si](C)(C)C)cc1/C=C/c1ccc(O)c(OC)c1. The first-order valence-electron chi connectivity index (χ1n) is 10.7. The van der Waals surface area contributed by atoms with Crippen LogP contribution in [0.25, 0.3) is 12.2 Å². The van der Waals surface area contributed by atoms with Crippen LogP contribution in [0.4, 0.5) is 0 Å². The Hall–Kier alpha value is -2.50. The van der Waals surface area contributed by atoms with E-state index in [4.69, 9.17) is 14.2 Å². The molecule has 2 aromatic carbocycles. The molecule has 0 spiro atoms. The Morgan fingerprint density at radius 3 is 2.52 bits per heavy atom. The lowest BCUT2D eigenvalue weighted by molar-refractivity contribution is 0.0220. The Morgan fingerprint density at radius 1 is 1.13 bits per heavy atom. The van der Waals surface area contributed by atoms with Crippen molar-refractivity contribution < 1.29 is 19.3 Å². The molecule has 0 bridgehead atoms. The fourth-order valence-electron chi connectivity index (χ4n) is 3.28. The highest BCUT2D eigenvalue weighted by Crippen LogP contribution is 2.32. The van der Waals surface area contributed by atoms with E-state index in [2.05, 4.69) is 52.2 Å². The number of benzene rings is 2. The molecule has 0 aliphatic heterocycles. The second-order valence-corrected chi connectivity index (χ2v) is 14.6. The molecule has 0 fully saturated rings. The van der Waals surface area contributed by atoms with Crippen molar-refractivity contribution in [2.45, 2.75) is 45.5 Å². The molecular weight excluding hydrogens is 404 g/mol. The van der Waals surface area contributed by atoms with Gasteiger partial charge in [-0.1, -0.05) is 50.9 Å². The van der Waals surface area contributed by atoms with Gasteiger partial charge in [-0.2, -0.15) is 0 Å². The molecule has 0 saturated heterocycles. The van der Waals surface area contributed by atoms with Crippen LogP contribution in [0.15, 0.2) is 43.0 Å². The molecule has 0 heterocycles. The molecule has 2 aromatic rings. The summed E-state index contributed by atoms with van der Waals surface area (Å²) in [6.07, 6.45) is 6.01. The van der Waals surface area contributed by atoms with Crippen LogP contribution in [0.2, 0.25) is 25.7 Å². The van der Waals surface area contributed by atoms with Gasteiger partial charge in [0, 0.05) is 14.7 Å². The van der Waals surface area contributed by atoms with E-state index in [0.29, 0.717) is 5.75 Å². The van der Waals surface area contributed by atoms with Crippen LogP contribution >= 0.6 is 0 Å². The van der Waals surface area contributed by atoms with Crippen molar-refractivity contribution in [3.63, 3.8) is 0 Å². The second-order valence-electron chi connectivity index (χ2n) is 9.01. The fourth-order valence-corrected chi connectivity index (χ4v) is 4.04. The predicted octanol–water partition coefficient (Wildman–Crippen LogP) is 6.86. The first-order chi connectivity index (χ1) is 14.6. The van der Waals surface area contributed by atoms with Crippen LogP contribution in [0.5, 0.6) is 17.2 Å². The molecule has 0 amide bonds. The Labute approximate surface area is 188 Å². The molecular formula is C26H36O4Si. The van der Waals surface area contributed by atoms with Crippen molar-refractivity contribution in [3.8, 4) is 17.2 Å². The summed E-state index contributed by atoms with van der Waals surface area (Å²) in [7, 11) is 0.438. The highest BCUT2D eigenvalue weighted by molar-refractivity contribution is 6.76. The summed E-state index contributed by atoms with van der Waals surface area (Å²) in [4.78, 5) is 0. The molecule has 1 N–H and O–H groups in total. The number of aryl methyl sites for hydroxylation is 1. The maximum absolute atomic E-state index is 9.82. The lowest BCUT2D eigenvalue weighted by atomic mass is 9.90. The van der Waals surface area contributed by atoms with Gasteiger partial charge in [0.05, 0.1) is 7.11 Å². The highest BCUT2D eigenvalue weighted by atomic mass is 28.3. The number of hydrogen-bond donors (Lipinski definition) is 1. The summed E-state index contributed by atoms with van der Waals surface area (Å²) in [5.74, 6) is 1.57. The number of rotatable bonds is 11. The van der Waals surface area contributed by atoms with E-state index in [-0.39, 0.29) is 18.5 Å². The summed E-state index contributed by atoms with van der Waals surface area (Å²) in [6, 6.07) is 10.5. The van der Waals surface area contributed by atoms with E-state index in [1.54, 1.807) is 13.2 Å². The van der Waals surface area contributed by atoms with Gasteiger partial charge in [0.15, 0.2) is 18.3 Å². The molecule has 2 rings (SSSR count). The van der Waals surface area contributed by atoms with Crippen LogP contribution in [0.3, 0.4) is 0 Å². The van der Waals surface area contributed by atoms with Gasteiger partial charge in [0.2, 0.25) is 0 Å².